The van der Waals surface area contributed by atoms with Crippen molar-refractivity contribution in [1.29, 1.82) is 0 Å². The standard InChI is InChI=1S/C17H19ClN4O2/c1-11(2)24-17(23)22-7-6-15-12(10-22)9-19-16(21-15)20-14-5-3-4-13(18)8-14/h3-5,8-9,11H,6-7,10H2,1-2H3,(H,19,20,21). The zero-order chi connectivity index (χ0) is 17.1. The number of carbonyl (C=O) groups excluding carboxylic acids is 1. The zero-order valence-electron chi connectivity index (χ0n) is 13.6. The molecule has 1 aromatic heterocycles. The van der Waals surface area contributed by atoms with Crippen LogP contribution in [0.15, 0.2) is 30.5 Å². The van der Waals surface area contributed by atoms with Crippen LogP contribution in [-0.4, -0.2) is 33.6 Å². The smallest absolute Gasteiger partial charge is 0.410 e. The fraction of sp³-hybridized carbons (Fsp3) is 0.353. The molecule has 0 unspecified atom stereocenters. The number of fused-ring (bicyclic) bond motifs is 1. The number of amides is 1. The normalized spacial score (nSPS) is 13.6. The van der Waals surface area contributed by atoms with Crippen molar-refractivity contribution in [2.45, 2.75) is 32.9 Å². The van der Waals surface area contributed by atoms with Gasteiger partial charge in [-0.2, -0.15) is 0 Å². The minimum Gasteiger partial charge on any atom is -0.447 e. The van der Waals surface area contributed by atoms with Gasteiger partial charge in [0, 0.05) is 35.4 Å². The molecule has 0 aliphatic carbocycles. The summed E-state index contributed by atoms with van der Waals surface area (Å²) in [5, 5.41) is 3.79. The van der Waals surface area contributed by atoms with Gasteiger partial charge in [-0.25, -0.2) is 14.8 Å². The Morgan fingerprint density at radius 3 is 3.00 bits per heavy atom. The molecule has 1 N–H and O–H groups in total. The molecule has 2 heterocycles. The molecule has 0 spiro atoms. The van der Waals surface area contributed by atoms with Gasteiger partial charge in [0.05, 0.1) is 18.3 Å². The van der Waals surface area contributed by atoms with Gasteiger partial charge >= 0.3 is 6.09 Å². The van der Waals surface area contributed by atoms with Gasteiger partial charge in [-0.15, -0.1) is 0 Å². The lowest BCUT2D eigenvalue weighted by molar-refractivity contribution is 0.0727. The molecule has 2 aromatic rings. The van der Waals surface area contributed by atoms with Crippen molar-refractivity contribution in [3.05, 3.63) is 46.7 Å². The Kier molecular flexibility index (Phi) is 4.85. The summed E-state index contributed by atoms with van der Waals surface area (Å²) in [6.45, 7) is 4.74. The van der Waals surface area contributed by atoms with E-state index in [2.05, 4.69) is 15.3 Å². The molecule has 7 heteroatoms. The van der Waals surface area contributed by atoms with Crippen LogP contribution in [0.2, 0.25) is 5.02 Å². The second kappa shape index (κ2) is 7.05. The predicted octanol–water partition coefficient (Wildman–Crippen LogP) is 3.78. The van der Waals surface area contributed by atoms with Gasteiger partial charge in [0.25, 0.3) is 0 Å². The van der Waals surface area contributed by atoms with E-state index >= 15 is 0 Å². The Hall–Kier alpha value is -2.34. The number of hydrogen-bond acceptors (Lipinski definition) is 5. The van der Waals surface area contributed by atoms with Gasteiger partial charge in [-0.1, -0.05) is 17.7 Å². The molecular weight excluding hydrogens is 328 g/mol. The van der Waals surface area contributed by atoms with E-state index in [1.807, 2.05) is 38.1 Å². The fourth-order valence-corrected chi connectivity index (χ4v) is 2.69. The minimum absolute atomic E-state index is 0.126. The Bertz CT molecular complexity index is 751. The van der Waals surface area contributed by atoms with E-state index in [1.54, 1.807) is 11.1 Å². The van der Waals surface area contributed by atoms with Gasteiger partial charge < -0.3 is 15.0 Å². The molecule has 24 heavy (non-hydrogen) atoms. The van der Waals surface area contributed by atoms with E-state index in [0.717, 1.165) is 16.9 Å². The maximum Gasteiger partial charge on any atom is 0.410 e. The molecular formula is C17H19ClN4O2. The van der Waals surface area contributed by atoms with Crippen LogP contribution in [0.5, 0.6) is 0 Å². The fourth-order valence-electron chi connectivity index (χ4n) is 2.50. The van der Waals surface area contributed by atoms with Crippen LogP contribution in [0, 0.1) is 0 Å². The quantitative estimate of drug-likeness (QED) is 0.916. The minimum atomic E-state index is -0.295. The molecule has 3 rings (SSSR count). The van der Waals surface area contributed by atoms with E-state index < -0.39 is 0 Å². The molecule has 0 saturated heterocycles. The van der Waals surface area contributed by atoms with Gasteiger partial charge in [0.1, 0.15) is 0 Å². The molecule has 0 radical (unpaired) electrons. The van der Waals surface area contributed by atoms with Crippen LogP contribution in [0.3, 0.4) is 0 Å². The molecule has 0 bridgehead atoms. The summed E-state index contributed by atoms with van der Waals surface area (Å²) < 4.78 is 5.24. The number of hydrogen-bond donors (Lipinski definition) is 1. The first kappa shape index (κ1) is 16.5. The number of ether oxygens (including phenoxy) is 1. The summed E-state index contributed by atoms with van der Waals surface area (Å²) in [6, 6.07) is 7.39. The Balaban J connectivity index is 1.71. The summed E-state index contributed by atoms with van der Waals surface area (Å²) in [7, 11) is 0. The van der Waals surface area contributed by atoms with Gasteiger partial charge in [0.15, 0.2) is 0 Å². The first-order chi connectivity index (χ1) is 11.5. The summed E-state index contributed by atoms with van der Waals surface area (Å²) >= 11 is 5.98. The van der Waals surface area contributed by atoms with Gasteiger partial charge in [-0.05, 0) is 32.0 Å². The topological polar surface area (TPSA) is 67.3 Å². The lowest BCUT2D eigenvalue weighted by atomic mass is 10.1. The second-order valence-electron chi connectivity index (χ2n) is 5.90. The highest BCUT2D eigenvalue weighted by molar-refractivity contribution is 6.30. The van der Waals surface area contributed by atoms with Crippen molar-refractivity contribution in [3.8, 4) is 0 Å². The number of nitrogens with zero attached hydrogens (tertiary/aromatic N) is 3. The number of rotatable bonds is 3. The highest BCUT2D eigenvalue weighted by Crippen LogP contribution is 2.21. The van der Waals surface area contributed by atoms with Crippen molar-refractivity contribution >= 4 is 29.3 Å². The third kappa shape index (κ3) is 3.94. The van der Waals surface area contributed by atoms with E-state index in [-0.39, 0.29) is 12.2 Å². The zero-order valence-corrected chi connectivity index (χ0v) is 14.4. The SMILES string of the molecule is CC(C)OC(=O)N1CCc2nc(Nc3cccc(Cl)c3)ncc2C1. The third-order valence-electron chi connectivity index (χ3n) is 3.61. The van der Waals surface area contributed by atoms with Crippen LogP contribution in [0.4, 0.5) is 16.4 Å². The van der Waals surface area contributed by atoms with Crippen molar-refractivity contribution in [1.82, 2.24) is 14.9 Å². The largest absolute Gasteiger partial charge is 0.447 e. The number of aromatic nitrogens is 2. The van der Waals surface area contributed by atoms with Crippen LogP contribution in [0.1, 0.15) is 25.1 Å². The maximum absolute atomic E-state index is 12.0. The van der Waals surface area contributed by atoms with Crippen molar-refractivity contribution in [3.63, 3.8) is 0 Å². The van der Waals surface area contributed by atoms with E-state index in [0.29, 0.717) is 30.5 Å². The average molecular weight is 347 g/mol. The number of anilines is 2. The molecule has 0 fully saturated rings. The van der Waals surface area contributed by atoms with Gasteiger partial charge in [0.2, 0.25) is 5.95 Å². The van der Waals surface area contributed by atoms with Crippen LogP contribution in [-0.2, 0) is 17.7 Å². The van der Waals surface area contributed by atoms with Gasteiger partial charge in [-0.3, -0.25) is 0 Å². The average Bonchev–Trinajstić information content (AvgIpc) is 2.53. The number of halogens is 1. The lowest BCUT2D eigenvalue weighted by Crippen LogP contribution is -2.37. The lowest BCUT2D eigenvalue weighted by Gasteiger charge is -2.28. The molecule has 1 aliphatic rings. The first-order valence-electron chi connectivity index (χ1n) is 7.84. The Morgan fingerprint density at radius 1 is 1.42 bits per heavy atom. The molecule has 6 nitrogen and oxygen atoms in total. The maximum atomic E-state index is 12.0. The molecule has 1 aromatic carbocycles. The third-order valence-corrected chi connectivity index (χ3v) is 3.84. The highest BCUT2D eigenvalue weighted by Gasteiger charge is 2.24. The van der Waals surface area contributed by atoms with Crippen LogP contribution < -0.4 is 5.32 Å². The van der Waals surface area contributed by atoms with E-state index in [1.165, 1.54) is 0 Å². The summed E-state index contributed by atoms with van der Waals surface area (Å²) in [4.78, 5) is 22.5. The Labute approximate surface area is 145 Å². The highest BCUT2D eigenvalue weighted by atomic mass is 35.5. The summed E-state index contributed by atoms with van der Waals surface area (Å²) in [6.07, 6.45) is 2.01. The number of nitrogens with one attached hydrogen (secondary N) is 1. The summed E-state index contributed by atoms with van der Waals surface area (Å²) in [5.41, 5.74) is 2.72. The molecule has 0 saturated carbocycles. The molecule has 0 atom stereocenters. The summed E-state index contributed by atoms with van der Waals surface area (Å²) in [5.74, 6) is 0.522. The van der Waals surface area contributed by atoms with Crippen molar-refractivity contribution in [2.24, 2.45) is 0 Å². The molecule has 1 amide bonds. The predicted molar refractivity (Wildman–Crippen MR) is 92.5 cm³/mol. The van der Waals surface area contributed by atoms with E-state index in [4.69, 9.17) is 16.3 Å². The van der Waals surface area contributed by atoms with Crippen molar-refractivity contribution in [2.75, 3.05) is 11.9 Å². The number of benzene rings is 1. The monoisotopic (exact) mass is 346 g/mol. The second-order valence-corrected chi connectivity index (χ2v) is 6.34. The number of carbonyl (C=O) groups is 1. The Morgan fingerprint density at radius 2 is 2.25 bits per heavy atom. The van der Waals surface area contributed by atoms with Crippen LogP contribution in [0.25, 0.3) is 0 Å². The molecule has 126 valence electrons. The molecule has 1 aliphatic heterocycles. The van der Waals surface area contributed by atoms with E-state index in [9.17, 15) is 4.79 Å². The van der Waals surface area contributed by atoms with Crippen LogP contribution >= 0.6 is 11.6 Å². The first-order valence-corrected chi connectivity index (χ1v) is 8.22. The van der Waals surface area contributed by atoms with Crippen molar-refractivity contribution < 1.29 is 9.53 Å².